The molecule has 2 aliphatic rings. The number of ether oxygens (including phenoxy) is 2. The molecule has 0 aromatic heterocycles. The molecule has 0 bridgehead atoms. The number of carbonyl (C=O) groups is 1. The minimum absolute atomic E-state index is 0.0339. The lowest BCUT2D eigenvalue weighted by molar-refractivity contribution is -0.161. The Morgan fingerprint density at radius 2 is 2.05 bits per heavy atom. The van der Waals surface area contributed by atoms with Gasteiger partial charge in [-0.3, -0.25) is 4.79 Å². The summed E-state index contributed by atoms with van der Waals surface area (Å²) in [5.41, 5.74) is 5.65. The minimum Gasteiger partial charge on any atom is -0.459 e. The van der Waals surface area contributed by atoms with Crippen LogP contribution in [0, 0.1) is 5.92 Å². The highest BCUT2D eigenvalue weighted by atomic mass is 32.2. The molecule has 2 atom stereocenters. The summed E-state index contributed by atoms with van der Waals surface area (Å²) in [6.45, 7) is 6.34. The molecule has 2 aliphatic heterocycles. The summed E-state index contributed by atoms with van der Waals surface area (Å²) in [5.74, 6) is 2.20. The molecule has 2 saturated heterocycles. The van der Waals surface area contributed by atoms with Crippen molar-refractivity contribution in [2.75, 3.05) is 18.1 Å². The molecule has 20 heavy (non-hydrogen) atoms. The van der Waals surface area contributed by atoms with Crippen LogP contribution in [-0.4, -0.2) is 41.3 Å². The molecule has 2 heterocycles. The van der Waals surface area contributed by atoms with Gasteiger partial charge in [0.1, 0.15) is 11.6 Å². The van der Waals surface area contributed by atoms with Gasteiger partial charge in [-0.1, -0.05) is 0 Å². The van der Waals surface area contributed by atoms with Crippen LogP contribution in [0.5, 0.6) is 0 Å². The number of thioether (sulfide) groups is 1. The summed E-state index contributed by atoms with van der Waals surface area (Å²) < 4.78 is 11.5. The van der Waals surface area contributed by atoms with E-state index in [-0.39, 0.29) is 17.5 Å². The van der Waals surface area contributed by atoms with Crippen molar-refractivity contribution in [3.63, 3.8) is 0 Å². The van der Waals surface area contributed by atoms with E-state index in [9.17, 15) is 4.79 Å². The van der Waals surface area contributed by atoms with Crippen molar-refractivity contribution < 1.29 is 14.3 Å². The van der Waals surface area contributed by atoms with Gasteiger partial charge in [-0.2, -0.15) is 11.8 Å². The van der Waals surface area contributed by atoms with Gasteiger partial charge in [-0.05, 0) is 63.9 Å². The summed E-state index contributed by atoms with van der Waals surface area (Å²) in [5, 5.41) is 0. The Kier molecular flexibility index (Phi) is 5.03. The summed E-state index contributed by atoms with van der Waals surface area (Å²) in [6.07, 6.45) is 3.91. The highest BCUT2D eigenvalue weighted by Gasteiger charge is 2.42. The van der Waals surface area contributed by atoms with E-state index >= 15 is 0 Å². The van der Waals surface area contributed by atoms with E-state index in [1.807, 2.05) is 32.5 Å². The van der Waals surface area contributed by atoms with Crippen LogP contribution < -0.4 is 5.73 Å². The van der Waals surface area contributed by atoms with Crippen molar-refractivity contribution in [1.82, 2.24) is 0 Å². The normalized spacial score (nSPS) is 28.1. The average molecular weight is 301 g/mol. The zero-order valence-corrected chi connectivity index (χ0v) is 13.6. The molecule has 0 radical (unpaired) electrons. The van der Waals surface area contributed by atoms with Crippen molar-refractivity contribution in [3.05, 3.63) is 0 Å². The lowest BCUT2D eigenvalue weighted by Gasteiger charge is -2.44. The zero-order valence-electron chi connectivity index (χ0n) is 12.8. The van der Waals surface area contributed by atoms with Crippen LogP contribution >= 0.6 is 11.8 Å². The molecule has 0 aliphatic carbocycles. The number of hydrogen-bond acceptors (Lipinski definition) is 5. The topological polar surface area (TPSA) is 61.5 Å². The van der Waals surface area contributed by atoms with Gasteiger partial charge in [0.25, 0.3) is 0 Å². The van der Waals surface area contributed by atoms with Crippen LogP contribution in [0.25, 0.3) is 0 Å². The summed E-state index contributed by atoms with van der Waals surface area (Å²) in [6, 6.07) is -0.524. The Labute approximate surface area is 126 Å². The third kappa shape index (κ3) is 4.12. The summed E-state index contributed by atoms with van der Waals surface area (Å²) >= 11 is 1.98. The van der Waals surface area contributed by atoms with Crippen LogP contribution in [0.1, 0.15) is 46.5 Å². The standard InChI is InChI=1S/C15H27NO3S/c1-14(2,3)19-13(17)12(16)11-4-7-18-15(10-11)5-8-20-9-6-15/h11-12H,4-10,16H2,1-3H3. The Morgan fingerprint density at radius 1 is 1.40 bits per heavy atom. The molecule has 5 heteroatoms. The Bertz CT molecular complexity index is 342. The van der Waals surface area contributed by atoms with Gasteiger partial charge in [0.2, 0.25) is 0 Å². The largest absolute Gasteiger partial charge is 0.459 e. The van der Waals surface area contributed by atoms with Gasteiger partial charge in [0.05, 0.1) is 5.60 Å². The van der Waals surface area contributed by atoms with Crippen LogP contribution in [0.15, 0.2) is 0 Å². The smallest absolute Gasteiger partial charge is 0.323 e. The maximum Gasteiger partial charge on any atom is 0.323 e. The molecule has 2 unspecified atom stereocenters. The van der Waals surface area contributed by atoms with E-state index in [2.05, 4.69) is 0 Å². The number of esters is 1. The van der Waals surface area contributed by atoms with Crippen molar-refractivity contribution in [3.8, 4) is 0 Å². The second kappa shape index (κ2) is 6.24. The number of hydrogen-bond donors (Lipinski definition) is 1. The van der Waals surface area contributed by atoms with Crippen LogP contribution in [0.2, 0.25) is 0 Å². The monoisotopic (exact) mass is 301 g/mol. The Morgan fingerprint density at radius 3 is 2.65 bits per heavy atom. The quantitative estimate of drug-likeness (QED) is 0.793. The molecule has 2 N–H and O–H groups in total. The van der Waals surface area contributed by atoms with Gasteiger partial charge in [0.15, 0.2) is 0 Å². The van der Waals surface area contributed by atoms with E-state index in [1.165, 1.54) is 0 Å². The lowest BCUT2D eigenvalue weighted by atomic mass is 9.79. The molecule has 1 spiro atoms. The first-order chi connectivity index (χ1) is 9.31. The Hall–Kier alpha value is -0.260. The third-order valence-corrected chi connectivity index (χ3v) is 5.11. The van der Waals surface area contributed by atoms with Gasteiger partial charge < -0.3 is 15.2 Å². The highest BCUT2D eigenvalue weighted by Crippen LogP contribution is 2.40. The first-order valence-corrected chi connectivity index (χ1v) is 8.67. The molecule has 116 valence electrons. The van der Waals surface area contributed by atoms with Gasteiger partial charge in [0, 0.05) is 6.61 Å². The van der Waals surface area contributed by atoms with Crippen molar-refractivity contribution >= 4 is 17.7 Å². The van der Waals surface area contributed by atoms with Gasteiger partial charge in [-0.15, -0.1) is 0 Å². The van der Waals surface area contributed by atoms with Gasteiger partial charge >= 0.3 is 5.97 Å². The molecule has 0 aromatic rings. The molecule has 0 saturated carbocycles. The van der Waals surface area contributed by atoms with Crippen LogP contribution in [0.4, 0.5) is 0 Å². The molecule has 2 fully saturated rings. The summed E-state index contributed by atoms with van der Waals surface area (Å²) in [7, 11) is 0. The van der Waals surface area contributed by atoms with E-state index < -0.39 is 11.6 Å². The molecule has 4 nitrogen and oxygen atoms in total. The maximum atomic E-state index is 12.1. The second-order valence-electron chi connectivity index (χ2n) is 6.96. The van der Waals surface area contributed by atoms with E-state index in [1.54, 1.807) is 0 Å². The summed E-state index contributed by atoms with van der Waals surface area (Å²) in [4.78, 5) is 12.1. The first-order valence-electron chi connectivity index (χ1n) is 7.52. The lowest BCUT2D eigenvalue weighted by Crippen LogP contribution is -2.50. The average Bonchev–Trinajstić information content (AvgIpc) is 2.37. The van der Waals surface area contributed by atoms with Crippen molar-refractivity contribution in [2.24, 2.45) is 11.7 Å². The fourth-order valence-corrected chi connectivity index (χ4v) is 4.26. The second-order valence-corrected chi connectivity index (χ2v) is 8.18. The third-order valence-electron chi connectivity index (χ3n) is 4.12. The first kappa shape index (κ1) is 16.1. The van der Waals surface area contributed by atoms with E-state index in [0.717, 1.165) is 37.2 Å². The molecular formula is C15H27NO3S. The predicted octanol–water partition coefficient (Wildman–Crippen LogP) is 2.35. The van der Waals surface area contributed by atoms with E-state index in [0.29, 0.717) is 6.61 Å². The zero-order chi connectivity index (χ0) is 14.8. The maximum absolute atomic E-state index is 12.1. The molecule has 2 rings (SSSR count). The molecule has 0 amide bonds. The van der Waals surface area contributed by atoms with Gasteiger partial charge in [-0.25, -0.2) is 0 Å². The minimum atomic E-state index is -0.524. The number of carbonyl (C=O) groups excluding carboxylic acids is 1. The van der Waals surface area contributed by atoms with E-state index in [4.69, 9.17) is 15.2 Å². The fraction of sp³-hybridized carbons (Fsp3) is 0.933. The number of nitrogens with two attached hydrogens (primary N) is 1. The molecular weight excluding hydrogens is 274 g/mol. The SMILES string of the molecule is CC(C)(C)OC(=O)C(N)C1CCOC2(CCSCC2)C1. The highest BCUT2D eigenvalue weighted by molar-refractivity contribution is 7.99. The van der Waals surface area contributed by atoms with Crippen LogP contribution in [-0.2, 0) is 14.3 Å². The number of rotatable bonds is 2. The fourth-order valence-electron chi connectivity index (χ4n) is 3.03. The predicted molar refractivity (Wildman–Crippen MR) is 81.8 cm³/mol. The van der Waals surface area contributed by atoms with Crippen LogP contribution in [0.3, 0.4) is 0 Å². The molecule has 0 aromatic carbocycles. The van der Waals surface area contributed by atoms with Crippen molar-refractivity contribution in [2.45, 2.75) is 63.7 Å². The Balaban J connectivity index is 1.96. The van der Waals surface area contributed by atoms with Crippen molar-refractivity contribution in [1.29, 1.82) is 0 Å².